The second-order valence-electron chi connectivity index (χ2n) is 6.02. The molecule has 0 spiro atoms. The third kappa shape index (κ3) is 4.65. The highest BCUT2D eigenvalue weighted by Crippen LogP contribution is 2.25. The fraction of sp³-hybridized carbons (Fsp3) is 0.714. The summed E-state index contributed by atoms with van der Waals surface area (Å²) in [6.45, 7) is 5.94. The quantitative estimate of drug-likeness (QED) is 0.501. The van der Waals surface area contributed by atoms with Gasteiger partial charge in [-0.3, -0.25) is 19.1 Å². The molecule has 0 N–H and O–H groups in total. The van der Waals surface area contributed by atoms with Crippen molar-refractivity contribution < 1.29 is 47.6 Å². The zero-order valence-electron chi connectivity index (χ0n) is 13.7. The first kappa shape index (κ1) is 18.1. The molecule has 0 radical (unpaired) electrons. The van der Waals surface area contributed by atoms with Crippen LogP contribution in [0.3, 0.4) is 0 Å². The Kier molecular flexibility index (Phi) is 4.81. The van der Waals surface area contributed by atoms with Gasteiger partial charge in [0.15, 0.2) is 0 Å². The summed E-state index contributed by atoms with van der Waals surface area (Å²) in [7, 11) is 0. The Morgan fingerprint density at radius 3 is 1.42 bits per heavy atom. The molecule has 0 amide bonds. The van der Waals surface area contributed by atoms with Crippen LogP contribution in [0.15, 0.2) is 0 Å². The lowest BCUT2D eigenvalue weighted by molar-refractivity contribution is -0.202. The summed E-state index contributed by atoms with van der Waals surface area (Å²) in [5.74, 6) is -5.76. The minimum absolute atomic E-state index is 0.377. The van der Waals surface area contributed by atoms with Crippen molar-refractivity contribution >= 4 is 23.9 Å². The van der Waals surface area contributed by atoms with E-state index in [1.807, 2.05) is 0 Å². The van der Waals surface area contributed by atoms with Crippen molar-refractivity contribution in [3.05, 3.63) is 0 Å². The molecule has 2 rings (SSSR count). The largest absolute Gasteiger partial charge is 0.429 e. The fourth-order valence-electron chi connectivity index (χ4n) is 1.95. The third-order valence-electron chi connectivity index (χ3n) is 2.87. The first-order valence-corrected chi connectivity index (χ1v) is 7.18. The van der Waals surface area contributed by atoms with Gasteiger partial charge >= 0.3 is 36.5 Å². The maximum absolute atomic E-state index is 11.6. The third-order valence-corrected chi connectivity index (χ3v) is 2.87. The van der Waals surface area contributed by atoms with Gasteiger partial charge in [0.25, 0.3) is 0 Å². The molecule has 0 aromatic heterocycles. The summed E-state index contributed by atoms with van der Waals surface area (Å²) < 4.78 is 29.3. The minimum Gasteiger partial charge on any atom is -0.429 e. The lowest BCUT2D eigenvalue weighted by atomic mass is 10.3. The fourth-order valence-corrected chi connectivity index (χ4v) is 1.95. The molecule has 24 heavy (non-hydrogen) atoms. The molecule has 0 aromatic carbocycles. The van der Waals surface area contributed by atoms with E-state index in [4.69, 9.17) is 28.4 Å². The lowest BCUT2D eigenvalue weighted by Gasteiger charge is -2.15. The Labute approximate surface area is 137 Å². The van der Waals surface area contributed by atoms with Crippen molar-refractivity contribution in [1.82, 2.24) is 0 Å². The Hall–Kier alpha value is -2.20. The summed E-state index contributed by atoms with van der Waals surface area (Å²) >= 11 is 0. The van der Waals surface area contributed by atoms with Crippen LogP contribution in [0.1, 0.15) is 40.5 Å². The van der Waals surface area contributed by atoms with Gasteiger partial charge in [-0.2, -0.15) is 0 Å². The topological polar surface area (TPSA) is 124 Å². The van der Waals surface area contributed by atoms with E-state index in [9.17, 15) is 19.2 Å². The predicted molar refractivity (Wildman–Crippen MR) is 71.5 cm³/mol. The highest BCUT2D eigenvalue weighted by Gasteiger charge is 2.45. The van der Waals surface area contributed by atoms with Gasteiger partial charge in [0.05, 0.1) is 12.8 Å². The van der Waals surface area contributed by atoms with E-state index in [0.717, 1.165) is 0 Å². The summed E-state index contributed by atoms with van der Waals surface area (Å²) in [5, 5.41) is 0. The number of ether oxygens (including phenoxy) is 6. The molecule has 2 saturated heterocycles. The maximum Gasteiger partial charge on any atom is 0.379 e. The van der Waals surface area contributed by atoms with E-state index in [2.05, 4.69) is 0 Å². The van der Waals surface area contributed by atoms with Gasteiger partial charge in [-0.25, -0.2) is 9.59 Å². The number of rotatable bonds is 5. The molecule has 0 aromatic rings. The van der Waals surface area contributed by atoms with Crippen LogP contribution < -0.4 is 0 Å². The number of carbonyl (C=O) groups is 4. The molecule has 2 heterocycles. The summed E-state index contributed by atoms with van der Waals surface area (Å²) in [6.07, 6.45) is -3.70. The second kappa shape index (κ2) is 6.36. The summed E-state index contributed by atoms with van der Waals surface area (Å²) in [5.41, 5.74) is 0. The van der Waals surface area contributed by atoms with Crippen LogP contribution >= 0.6 is 0 Å². The zero-order valence-corrected chi connectivity index (χ0v) is 13.7. The molecule has 2 unspecified atom stereocenters. The van der Waals surface area contributed by atoms with Crippen LogP contribution in [0.5, 0.6) is 0 Å². The molecule has 2 fully saturated rings. The number of hydrogen-bond donors (Lipinski definition) is 0. The van der Waals surface area contributed by atoms with Crippen molar-refractivity contribution in [2.75, 3.05) is 0 Å². The molecule has 0 aliphatic carbocycles. The van der Waals surface area contributed by atoms with Gasteiger partial charge in [0, 0.05) is 27.7 Å². The number of cyclic esters (lactones) is 2. The Bertz CT molecular complexity index is 514. The van der Waals surface area contributed by atoms with Crippen LogP contribution in [0.4, 0.5) is 0 Å². The molecule has 2 atom stereocenters. The van der Waals surface area contributed by atoms with Crippen LogP contribution in [-0.4, -0.2) is 48.0 Å². The van der Waals surface area contributed by atoms with E-state index < -0.39 is 48.0 Å². The van der Waals surface area contributed by atoms with Crippen molar-refractivity contribution in [3.8, 4) is 0 Å². The van der Waals surface area contributed by atoms with Gasteiger partial charge in [0.1, 0.15) is 0 Å². The van der Waals surface area contributed by atoms with E-state index in [-0.39, 0.29) is 12.8 Å². The van der Waals surface area contributed by atoms with Gasteiger partial charge < -0.3 is 18.9 Å². The van der Waals surface area contributed by atoms with Gasteiger partial charge in [-0.05, 0) is 0 Å². The Balaban J connectivity index is 1.73. The predicted octanol–water partition coefficient (Wildman–Crippen LogP) is 0.124. The normalized spacial score (nSPS) is 27.3. The van der Waals surface area contributed by atoms with Gasteiger partial charge in [-0.1, -0.05) is 0 Å². The average molecular weight is 346 g/mol. The molecular formula is C14H18O10. The molecule has 10 heteroatoms. The number of hydrogen-bond acceptors (Lipinski definition) is 10. The minimum atomic E-state index is -1.47. The van der Waals surface area contributed by atoms with Crippen molar-refractivity contribution in [3.63, 3.8) is 0 Å². The standard InChI is InChI=1S/C14H18O10/c1-13(2)21-9(17)11(23-13)19-7(15)5-6-8(16)20-12-10(18)22-14(3,4)24-12/h11-12H,5-6H2,1-4H3. The summed E-state index contributed by atoms with van der Waals surface area (Å²) in [6, 6.07) is 0. The van der Waals surface area contributed by atoms with Crippen LogP contribution in [0, 0.1) is 0 Å². The number of esters is 4. The maximum atomic E-state index is 11.6. The van der Waals surface area contributed by atoms with Crippen molar-refractivity contribution in [1.29, 1.82) is 0 Å². The zero-order chi connectivity index (χ0) is 18.1. The smallest absolute Gasteiger partial charge is 0.379 e. The molecule has 134 valence electrons. The molecule has 2 aliphatic rings. The van der Waals surface area contributed by atoms with Crippen LogP contribution in [0.25, 0.3) is 0 Å². The SMILES string of the molecule is CC1(C)OC(=O)C(OC(=O)CCC(=O)OC2OC(C)(C)OC2=O)O1. The van der Waals surface area contributed by atoms with Crippen molar-refractivity contribution in [2.24, 2.45) is 0 Å². The summed E-state index contributed by atoms with van der Waals surface area (Å²) in [4.78, 5) is 46.1. The first-order chi connectivity index (χ1) is 11.0. The van der Waals surface area contributed by atoms with Crippen molar-refractivity contribution in [2.45, 2.75) is 64.7 Å². The Morgan fingerprint density at radius 1 is 0.833 bits per heavy atom. The van der Waals surface area contributed by atoms with Crippen LogP contribution in [0.2, 0.25) is 0 Å². The van der Waals surface area contributed by atoms with E-state index in [1.54, 1.807) is 0 Å². The molecule has 2 aliphatic heterocycles. The second-order valence-corrected chi connectivity index (χ2v) is 6.02. The molecule has 10 nitrogen and oxygen atoms in total. The molecule has 0 saturated carbocycles. The average Bonchev–Trinajstić information content (AvgIpc) is 2.81. The monoisotopic (exact) mass is 346 g/mol. The van der Waals surface area contributed by atoms with E-state index in [1.165, 1.54) is 27.7 Å². The van der Waals surface area contributed by atoms with Crippen LogP contribution in [-0.2, 0) is 47.6 Å². The van der Waals surface area contributed by atoms with Gasteiger partial charge in [0.2, 0.25) is 11.6 Å². The number of carbonyl (C=O) groups excluding carboxylic acids is 4. The molecule has 0 bridgehead atoms. The molecular weight excluding hydrogens is 328 g/mol. The van der Waals surface area contributed by atoms with E-state index >= 15 is 0 Å². The van der Waals surface area contributed by atoms with E-state index in [0.29, 0.717) is 0 Å². The first-order valence-electron chi connectivity index (χ1n) is 7.18. The Morgan fingerprint density at radius 2 is 1.17 bits per heavy atom. The highest BCUT2D eigenvalue weighted by atomic mass is 16.9. The van der Waals surface area contributed by atoms with Gasteiger partial charge in [-0.15, -0.1) is 0 Å². The highest BCUT2D eigenvalue weighted by molar-refractivity contribution is 5.83. The lowest BCUT2D eigenvalue weighted by Crippen LogP contribution is -2.28.